The van der Waals surface area contributed by atoms with Crippen LogP contribution in [0.2, 0.25) is 5.02 Å². The van der Waals surface area contributed by atoms with E-state index in [1.807, 2.05) is 0 Å². The summed E-state index contributed by atoms with van der Waals surface area (Å²) < 4.78 is 38.5. The number of amides is 2. The number of nitrogens with one attached hydrogen (secondary N) is 1. The fourth-order valence-electron chi connectivity index (χ4n) is 2.89. The third kappa shape index (κ3) is 3.95. The predicted molar refractivity (Wildman–Crippen MR) is 94.4 cm³/mol. The van der Waals surface area contributed by atoms with Crippen molar-refractivity contribution in [2.75, 3.05) is 11.4 Å². The van der Waals surface area contributed by atoms with Crippen molar-refractivity contribution < 1.29 is 27.9 Å². The van der Waals surface area contributed by atoms with Gasteiger partial charge in [0.15, 0.2) is 0 Å². The number of anilines is 1. The summed E-state index contributed by atoms with van der Waals surface area (Å²) in [6.45, 7) is -0.138. The van der Waals surface area contributed by atoms with E-state index >= 15 is 0 Å². The molecule has 148 valence electrons. The largest absolute Gasteiger partial charge is 0.372 e. The number of benzene rings is 1. The lowest BCUT2D eigenvalue weighted by molar-refractivity contribution is -0.149. The van der Waals surface area contributed by atoms with Gasteiger partial charge in [0.1, 0.15) is 11.5 Å². The van der Waals surface area contributed by atoms with Crippen molar-refractivity contribution in [2.45, 2.75) is 25.0 Å². The van der Waals surface area contributed by atoms with Gasteiger partial charge in [-0.3, -0.25) is 14.6 Å². The Morgan fingerprint density at radius 2 is 2.11 bits per heavy atom. The number of aromatic nitrogens is 1. The number of halogens is 4. The molecule has 1 unspecified atom stereocenters. The number of nitrogens with zero attached hydrogens (tertiary/aromatic N) is 2. The molecule has 10 heteroatoms. The smallest absolute Gasteiger partial charge is 0.280 e. The molecule has 1 aromatic carbocycles. The van der Waals surface area contributed by atoms with Crippen LogP contribution in [0, 0.1) is 5.82 Å². The van der Waals surface area contributed by atoms with Gasteiger partial charge < -0.3 is 15.3 Å². The van der Waals surface area contributed by atoms with E-state index in [2.05, 4.69) is 10.3 Å². The minimum Gasteiger partial charge on any atom is -0.372 e. The normalized spacial score (nSPS) is 19.4. The zero-order chi connectivity index (χ0) is 20.5. The molecule has 0 saturated carbocycles. The van der Waals surface area contributed by atoms with Gasteiger partial charge in [-0.15, -0.1) is 0 Å². The standard InChI is InChI=1S/C18H15ClF3N3O3/c19-11-5-10(6-12(20)7-11)8-24-16(26)18(28)3-4-25(17(18)27)13-1-2-14(15(21)22)23-9-13/h1-2,5-7,9,15,28H,3-4,8H2,(H,24,26). The summed E-state index contributed by atoms with van der Waals surface area (Å²) in [6.07, 6.45) is -1.86. The van der Waals surface area contributed by atoms with Crippen LogP contribution < -0.4 is 10.2 Å². The highest BCUT2D eigenvalue weighted by molar-refractivity contribution is 6.30. The Labute approximate surface area is 162 Å². The number of rotatable bonds is 5. The number of pyridine rings is 1. The average molecular weight is 414 g/mol. The van der Waals surface area contributed by atoms with Crippen molar-refractivity contribution in [1.29, 1.82) is 0 Å². The second-order valence-corrected chi connectivity index (χ2v) is 6.71. The Bertz CT molecular complexity index is 890. The SMILES string of the molecule is O=C(NCc1cc(F)cc(Cl)c1)C1(O)CCN(c2ccc(C(F)F)nc2)C1=O. The summed E-state index contributed by atoms with van der Waals surface area (Å²) in [6, 6.07) is 6.04. The fourth-order valence-corrected chi connectivity index (χ4v) is 3.13. The van der Waals surface area contributed by atoms with Crippen LogP contribution in [0.5, 0.6) is 0 Å². The van der Waals surface area contributed by atoms with Gasteiger partial charge in [-0.25, -0.2) is 13.2 Å². The number of hydrogen-bond acceptors (Lipinski definition) is 4. The van der Waals surface area contributed by atoms with Crippen molar-refractivity contribution >= 4 is 29.1 Å². The molecule has 1 saturated heterocycles. The molecule has 0 bridgehead atoms. The van der Waals surface area contributed by atoms with Gasteiger partial charge in [0.25, 0.3) is 18.2 Å². The second kappa shape index (κ2) is 7.76. The first kappa shape index (κ1) is 20.1. The van der Waals surface area contributed by atoms with Crippen LogP contribution in [-0.4, -0.2) is 34.1 Å². The van der Waals surface area contributed by atoms with Crippen molar-refractivity contribution in [3.05, 3.63) is 58.6 Å². The lowest BCUT2D eigenvalue weighted by atomic mass is 10.0. The van der Waals surface area contributed by atoms with E-state index in [-0.39, 0.29) is 30.2 Å². The maximum Gasteiger partial charge on any atom is 0.280 e. The molecule has 1 aliphatic rings. The van der Waals surface area contributed by atoms with E-state index < -0.39 is 35.4 Å². The Kier molecular flexibility index (Phi) is 5.57. The molecule has 1 aliphatic heterocycles. The molecule has 0 radical (unpaired) electrons. The highest BCUT2D eigenvalue weighted by Gasteiger charge is 2.51. The molecule has 28 heavy (non-hydrogen) atoms. The van der Waals surface area contributed by atoms with E-state index in [1.165, 1.54) is 12.1 Å². The number of hydrogen-bond donors (Lipinski definition) is 2. The van der Waals surface area contributed by atoms with Crippen LogP contribution in [0.3, 0.4) is 0 Å². The van der Waals surface area contributed by atoms with E-state index in [0.717, 1.165) is 29.3 Å². The summed E-state index contributed by atoms with van der Waals surface area (Å²) >= 11 is 5.74. The van der Waals surface area contributed by atoms with E-state index in [9.17, 15) is 27.9 Å². The van der Waals surface area contributed by atoms with Crippen LogP contribution in [0.4, 0.5) is 18.9 Å². The molecule has 6 nitrogen and oxygen atoms in total. The Morgan fingerprint density at radius 3 is 2.71 bits per heavy atom. The van der Waals surface area contributed by atoms with E-state index in [0.29, 0.717) is 5.56 Å². The molecule has 0 aliphatic carbocycles. The first-order chi connectivity index (χ1) is 13.2. The van der Waals surface area contributed by atoms with Crippen LogP contribution in [0.1, 0.15) is 24.1 Å². The number of alkyl halides is 2. The monoisotopic (exact) mass is 413 g/mol. The summed E-state index contributed by atoms with van der Waals surface area (Å²) in [7, 11) is 0. The highest BCUT2D eigenvalue weighted by atomic mass is 35.5. The third-order valence-corrected chi connectivity index (χ3v) is 4.57. The van der Waals surface area contributed by atoms with Gasteiger partial charge in [0, 0.05) is 24.5 Å². The summed E-state index contributed by atoms with van der Waals surface area (Å²) in [5.41, 5.74) is -2.22. The first-order valence-corrected chi connectivity index (χ1v) is 8.60. The van der Waals surface area contributed by atoms with Crippen LogP contribution >= 0.6 is 11.6 Å². The summed E-state index contributed by atoms with van der Waals surface area (Å²) in [5, 5.41) is 13.1. The van der Waals surface area contributed by atoms with Crippen LogP contribution in [-0.2, 0) is 16.1 Å². The number of carbonyl (C=O) groups is 2. The second-order valence-electron chi connectivity index (χ2n) is 6.27. The molecule has 2 N–H and O–H groups in total. The van der Waals surface area contributed by atoms with Gasteiger partial charge in [0.05, 0.1) is 11.9 Å². The summed E-state index contributed by atoms with van der Waals surface area (Å²) in [5.74, 6) is -2.43. The summed E-state index contributed by atoms with van der Waals surface area (Å²) in [4.78, 5) is 29.6. The van der Waals surface area contributed by atoms with Crippen molar-refractivity contribution in [3.63, 3.8) is 0 Å². The number of aliphatic hydroxyl groups is 1. The van der Waals surface area contributed by atoms with Gasteiger partial charge in [-0.2, -0.15) is 0 Å². The van der Waals surface area contributed by atoms with Gasteiger partial charge in [-0.05, 0) is 35.9 Å². The zero-order valence-corrected chi connectivity index (χ0v) is 15.1. The quantitative estimate of drug-likeness (QED) is 0.738. The zero-order valence-electron chi connectivity index (χ0n) is 14.3. The molecule has 2 heterocycles. The van der Waals surface area contributed by atoms with Crippen molar-refractivity contribution in [2.24, 2.45) is 0 Å². The Balaban J connectivity index is 1.69. The number of carbonyl (C=O) groups excluding carboxylic acids is 2. The minimum absolute atomic E-state index is 0.00422. The van der Waals surface area contributed by atoms with Crippen molar-refractivity contribution in [1.82, 2.24) is 10.3 Å². The molecular weight excluding hydrogens is 399 g/mol. The predicted octanol–water partition coefficient (Wildman–Crippen LogP) is 2.60. The Morgan fingerprint density at radius 1 is 1.36 bits per heavy atom. The van der Waals surface area contributed by atoms with Gasteiger partial charge in [-0.1, -0.05) is 11.6 Å². The third-order valence-electron chi connectivity index (χ3n) is 4.35. The molecule has 1 atom stereocenters. The average Bonchev–Trinajstić information content (AvgIpc) is 2.95. The van der Waals surface area contributed by atoms with Crippen LogP contribution in [0.15, 0.2) is 36.5 Å². The molecule has 1 aromatic heterocycles. The van der Waals surface area contributed by atoms with Gasteiger partial charge >= 0.3 is 0 Å². The van der Waals surface area contributed by atoms with Crippen molar-refractivity contribution in [3.8, 4) is 0 Å². The molecule has 2 aromatic rings. The van der Waals surface area contributed by atoms with Crippen LogP contribution in [0.25, 0.3) is 0 Å². The molecular formula is C18H15ClF3N3O3. The first-order valence-electron chi connectivity index (χ1n) is 8.22. The fraction of sp³-hybridized carbons (Fsp3) is 0.278. The van der Waals surface area contributed by atoms with E-state index in [1.54, 1.807) is 0 Å². The lowest BCUT2D eigenvalue weighted by Crippen LogP contribution is -2.52. The van der Waals surface area contributed by atoms with E-state index in [4.69, 9.17) is 11.6 Å². The molecule has 3 rings (SSSR count). The minimum atomic E-state index is -2.75. The Hall–Kier alpha value is -2.65. The maximum absolute atomic E-state index is 13.3. The molecule has 1 fully saturated rings. The molecule has 2 amide bonds. The highest BCUT2D eigenvalue weighted by Crippen LogP contribution is 2.29. The molecule has 0 spiro atoms. The lowest BCUT2D eigenvalue weighted by Gasteiger charge is -2.21. The topological polar surface area (TPSA) is 82.5 Å². The van der Waals surface area contributed by atoms with Gasteiger partial charge in [0.2, 0.25) is 5.60 Å². The maximum atomic E-state index is 13.3.